The molecule has 0 amide bonds. The molecule has 0 aliphatic carbocycles. The van der Waals surface area contributed by atoms with E-state index in [-0.39, 0.29) is 17.9 Å². The molecule has 1 aromatic rings. The maximum atomic E-state index is 12.8. The molecule has 0 saturated heterocycles. The van der Waals surface area contributed by atoms with Crippen molar-refractivity contribution in [3.63, 3.8) is 0 Å². The van der Waals surface area contributed by atoms with E-state index in [0.29, 0.717) is 18.5 Å². The molecule has 1 aliphatic heterocycles. The quantitative estimate of drug-likeness (QED) is 0.841. The van der Waals surface area contributed by atoms with Crippen LogP contribution in [0.3, 0.4) is 0 Å². The normalized spacial score (nSPS) is 18.6. The maximum Gasteiger partial charge on any atom is 0.416 e. The standard InChI is InChI=1S/C15H18F3NO/c1-9(2)19-13(6-10(3)20)7-11-4-5-12(8-14(11)19)15(16,17)18/h4-5,8-9,13H,6-7H2,1-3H3. The number of benzene rings is 1. The zero-order chi connectivity index (χ0) is 15.1. The van der Waals surface area contributed by atoms with Gasteiger partial charge in [0.25, 0.3) is 0 Å². The first-order chi connectivity index (χ1) is 9.20. The molecule has 0 bridgehead atoms. The lowest BCUT2D eigenvalue weighted by molar-refractivity contribution is -0.137. The smallest absolute Gasteiger partial charge is 0.365 e. The third-order valence-corrected chi connectivity index (χ3v) is 3.62. The van der Waals surface area contributed by atoms with Crippen LogP contribution in [0.5, 0.6) is 0 Å². The number of carbonyl (C=O) groups excluding carboxylic acids is 1. The van der Waals surface area contributed by atoms with Gasteiger partial charge in [0.05, 0.1) is 5.56 Å². The van der Waals surface area contributed by atoms with Gasteiger partial charge >= 0.3 is 6.18 Å². The van der Waals surface area contributed by atoms with Crippen molar-refractivity contribution >= 4 is 11.5 Å². The molecule has 1 aromatic carbocycles. The van der Waals surface area contributed by atoms with Crippen LogP contribution in [-0.4, -0.2) is 17.9 Å². The summed E-state index contributed by atoms with van der Waals surface area (Å²) in [6, 6.07) is 3.88. The van der Waals surface area contributed by atoms with Crippen molar-refractivity contribution < 1.29 is 18.0 Å². The molecule has 20 heavy (non-hydrogen) atoms. The van der Waals surface area contributed by atoms with Crippen LogP contribution in [0.2, 0.25) is 0 Å². The van der Waals surface area contributed by atoms with Crippen molar-refractivity contribution in [2.24, 2.45) is 0 Å². The van der Waals surface area contributed by atoms with Crippen LogP contribution < -0.4 is 4.90 Å². The van der Waals surface area contributed by atoms with E-state index >= 15 is 0 Å². The third kappa shape index (κ3) is 2.81. The summed E-state index contributed by atoms with van der Waals surface area (Å²) in [6.07, 6.45) is -3.34. The Morgan fingerprint density at radius 2 is 2.05 bits per heavy atom. The minimum atomic E-state index is -4.34. The summed E-state index contributed by atoms with van der Waals surface area (Å²) in [5.74, 6) is 0.0597. The van der Waals surface area contributed by atoms with E-state index in [1.807, 2.05) is 18.7 Å². The van der Waals surface area contributed by atoms with Crippen LogP contribution in [0.15, 0.2) is 18.2 Å². The second kappa shape index (κ2) is 5.11. The number of Topliss-reactive ketones (excluding diaryl/α,β-unsaturated/α-hetero) is 1. The fourth-order valence-corrected chi connectivity index (χ4v) is 2.90. The Morgan fingerprint density at radius 1 is 1.40 bits per heavy atom. The molecule has 1 unspecified atom stereocenters. The highest BCUT2D eigenvalue weighted by Crippen LogP contribution is 2.39. The summed E-state index contributed by atoms with van der Waals surface area (Å²) in [7, 11) is 0. The van der Waals surface area contributed by atoms with E-state index in [2.05, 4.69) is 0 Å². The first-order valence-electron chi connectivity index (χ1n) is 6.68. The van der Waals surface area contributed by atoms with E-state index in [1.54, 1.807) is 0 Å². The van der Waals surface area contributed by atoms with Crippen LogP contribution in [0.1, 0.15) is 38.3 Å². The van der Waals surface area contributed by atoms with E-state index < -0.39 is 11.7 Å². The lowest BCUT2D eigenvalue weighted by Gasteiger charge is -2.31. The zero-order valence-electron chi connectivity index (χ0n) is 11.8. The third-order valence-electron chi connectivity index (χ3n) is 3.62. The fraction of sp³-hybridized carbons (Fsp3) is 0.533. The zero-order valence-corrected chi connectivity index (χ0v) is 11.8. The molecule has 0 radical (unpaired) electrons. The molecule has 110 valence electrons. The molecule has 2 nitrogen and oxygen atoms in total. The minimum Gasteiger partial charge on any atom is -0.365 e. The second-order valence-corrected chi connectivity index (χ2v) is 5.61. The van der Waals surface area contributed by atoms with E-state index in [1.165, 1.54) is 19.1 Å². The number of rotatable bonds is 3. The monoisotopic (exact) mass is 285 g/mol. The van der Waals surface area contributed by atoms with Gasteiger partial charge in [0, 0.05) is 24.2 Å². The molecular formula is C15H18F3NO. The number of hydrogen-bond donors (Lipinski definition) is 0. The number of nitrogens with zero attached hydrogens (tertiary/aromatic N) is 1. The van der Waals surface area contributed by atoms with Gasteiger partial charge in [0.2, 0.25) is 0 Å². The van der Waals surface area contributed by atoms with Crippen LogP contribution in [0.25, 0.3) is 0 Å². The van der Waals surface area contributed by atoms with Crippen molar-refractivity contribution in [3.05, 3.63) is 29.3 Å². The SMILES string of the molecule is CC(=O)CC1Cc2ccc(C(F)(F)F)cc2N1C(C)C. The average Bonchev–Trinajstić information content (AvgIpc) is 2.63. The number of ketones is 1. The first kappa shape index (κ1) is 14.9. The topological polar surface area (TPSA) is 20.3 Å². The van der Waals surface area contributed by atoms with Gasteiger partial charge in [-0.15, -0.1) is 0 Å². The number of halogens is 3. The number of carbonyl (C=O) groups is 1. The van der Waals surface area contributed by atoms with E-state index in [0.717, 1.165) is 11.6 Å². The molecule has 5 heteroatoms. The van der Waals surface area contributed by atoms with Gasteiger partial charge in [-0.05, 0) is 44.9 Å². The Labute approximate surface area is 116 Å². The number of fused-ring (bicyclic) bond motifs is 1. The first-order valence-corrected chi connectivity index (χ1v) is 6.68. The molecule has 0 spiro atoms. The number of alkyl halides is 3. The predicted octanol–water partition coefficient (Wildman–Crippen LogP) is 3.82. The molecule has 2 rings (SSSR count). The highest BCUT2D eigenvalue weighted by Gasteiger charge is 2.36. The van der Waals surface area contributed by atoms with Gasteiger partial charge in [-0.2, -0.15) is 13.2 Å². The van der Waals surface area contributed by atoms with Gasteiger partial charge in [-0.1, -0.05) is 6.07 Å². The molecular weight excluding hydrogens is 267 g/mol. The van der Waals surface area contributed by atoms with Crippen molar-refractivity contribution in [1.82, 2.24) is 0 Å². The number of anilines is 1. The van der Waals surface area contributed by atoms with Crippen LogP contribution >= 0.6 is 0 Å². The largest absolute Gasteiger partial charge is 0.416 e. The second-order valence-electron chi connectivity index (χ2n) is 5.61. The molecule has 0 saturated carbocycles. The summed E-state index contributed by atoms with van der Waals surface area (Å²) < 4.78 is 38.5. The van der Waals surface area contributed by atoms with Crippen LogP contribution in [-0.2, 0) is 17.4 Å². The predicted molar refractivity (Wildman–Crippen MR) is 71.8 cm³/mol. The van der Waals surface area contributed by atoms with Crippen molar-refractivity contribution in [3.8, 4) is 0 Å². The minimum absolute atomic E-state index is 0.0361. The van der Waals surface area contributed by atoms with Gasteiger partial charge in [0.1, 0.15) is 5.78 Å². The Kier molecular flexibility index (Phi) is 3.80. The summed E-state index contributed by atoms with van der Waals surface area (Å²) in [5, 5.41) is 0. The Balaban J connectivity index is 2.40. The van der Waals surface area contributed by atoms with Crippen molar-refractivity contribution in [2.45, 2.75) is 51.9 Å². The van der Waals surface area contributed by atoms with E-state index in [9.17, 15) is 18.0 Å². The average molecular weight is 285 g/mol. The van der Waals surface area contributed by atoms with E-state index in [4.69, 9.17) is 0 Å². The molecule has 0 fully saturated rings. The number of hydrogen-bond acceptors (Lipinski definition) is 2. The van der Waals surface area contributed by atoms with Gasteiger partial charge < -0.3 is 4.90 Å². The van der Waals surface area contributed by atoms with Crippen LogP contribution in [0, 0.1) is 0 Å². The summed E-state index contributed by atoms with van der Waals surface area (Å²) in [4.78, 5) is 13.3. The lowest BCUT2D eigenvalue weighted by atomic mass is 10.0. The highest BCUT2D eigenvalue weighted by atomic mass is 19.4. The molecule has 0 aromatic heterocycles. The Hall–Kier alpha value is -1.52. The molecule has 1 heterocycles. The molecule has 1 atom stereocenters. The van der Waals surface area contributed by atoms with Crippen LogP contribution in [0.4, 0.5) is 18.9 Å². The lowest BCUT2D eigenvalue weighted by Crippen LogP contribution is -2.38. The Bertz CT molecular complexity index is 522. The van der Waals surface area contributed by atoms with Gasteiger partial charge in [0.15, 0.2) is 0 Å². The maximum absolute atomic E-state index is 12.8. The van der Waals surface area contributed by atoms with Crippen molar-refractivity contribution in [1.29, 1.82) is 0 Å². The highest BCUT2D eigenvalue weighted by molar-refractivity contribution is 5.78. The molecule has 1 aliphatic rings. The summed E-state index contributed by atoms with van der Waals surface area (Å²) in [5.41, 5.74) is 0.865. The van der Waals surface area contributed by atoms with Gasteiger partial charge in [-0.3, -0.25) is 4.79 Å². The fourth-order valence-electron chi connectivity index (χ4n) is 2.90. The summed E-state index contributed by atoms with van der Waals surface area (Å²) >= 11 is 0. The Morgan fingerprint density at radius 3 is 2.55 bits per heavy atom. The molecule has 0 N–H and O–H groups in total. The van der Waals surface area contributed by atoms with Crippen molar-refractivity contribution in [2.75, 3.05) is 4.90 Å². The summed E-state index contributed by atoms with van der Waals surface area (Å²) in [6.45, 7) is 5.38. The van der Waals surface area contributed by atoms with Gasteiger partial charge in [-0.25, -0.2) is 0 Å².